The first kappa shape index (κ1) is 48.7. The molecule has 1 fully saturated rings. The van der Waals surface area contributed by atoms with Gasteiger partial charge in [-0.15, -0.1) is 0 Å². The van der Waals surface area contributed by atoms with Crippen LogP contribution >= 0.6 is 7.60 Å². The fraction of sp³-hybridized carbons (Fsp3) is 0.262. The molecule has 0 bridgehead atoms. The summed E-state index contributed by atoms with van der Waals surface area (Å²) in [4.78, 5) is 44.2. The molecule has 8 aromatic rings. The molecule has 11 heteroatoms. The summed E-state index contributed by atoms with van der Waals surface area (Å²) in [5.74, 6) is 2.38. The second-order valence-electron chi connectivity index (χ2n) is 19.2. The van der Waals surface area contributed by atoms with E-state index in [1.807, 2.05) is 103 Å². The highest BCUT2D eigenvalue weighted by Crippen LogP contribution is 2.56. The Balaban J connectivity index is 0.000000194. The first-order valence-electron chi connectivity index (χ1n) is 25.4. The van der Waals surface area contributed by atoms with Crippen LogP contribution in [0, 0.1) is 0 Å². The summed E-state index contributed by atoms with van der Waals surface area (Å²) < 4.78 is 19.8. The molecule has 0 atom stereocenters. The topological polar surface area (TPSA) is 130 Å². The summed E-state index contributed by atoms with van der Waals surface area (Å²) >= 11 is 0. The van der Waals surface area contributed by atoms with Crippen LogP contribution < -0.4 is 10.1 Å². The number of imidazole rings is 1. The highest BCUT2D eigenvalue weighted by Gasteiger charge is 2.47. The molecule has 2 aromatic heterocycles. The van der Waals surface area contributed by atoms with Gasteiger partial charge in [0.25, 0.3) is 5.91 Å². The maximum atomic E-state index is 13.3. The van der Waals surface area contributed by atoms with Crippen molar-refractivity contribution in [3.8, 4) is 33.8 Å². The van der Waals surface area contributed by atoms with Crippen molar-refractivity contribution in [2.24, 2.45) is 0 Å². The molecule has 11 rings (SSSR count). The van der Waals surface area contributed by atoms with Crippen LogP contribution in [0.2, 0.25) is 0 Å². The van der Waals surface area contributed by atoms with Gasteiger partial charge in [-0.2, -0.15) is 0 Å². The Hall–Kier alpha value is -6.94. The molecular formula is C61H62N5O5P. The number of aryl methyl sites for hydroxylation is 1. The minimum absolute atomic E-state index is 0.0714. The Bertz CT molecular complexity index is 3090. The van der Waals surface area contributed by atoms with Crippen molar-refractivity contribution in [1.29, 1.82) is 0 Å². The number of ether oxygens (including phenoxy) is 1. The third-order valence-electron chi connectivity index (χ3n) is 15.0. The lowest BCUT2D eigenvalue weighted by atomic mass is 9.72. The molecule has 1 amide bonds. The number of amides is 1. The van der Waals surface area contributed by atoms with Crippen LogP contribution in [0.4, 0.5) is 0 Å². The lowest BCUT2D eigenvalue weighted by Crippen LogP contribution is -2.45. The molecule has 3 heterocycles. The van der Waals surface area contributed by atoms with Gasteiger partial charge >= 0.3 is 7.60 Å². The number of rotatable bonds is 16. The van der Waals surface area contributed by atoms with Crippen LogP contribution in [0.25, 0.3) is 22.3 Å². The number of likely N-dealkylation sites (tertiary alicyclic amines) is 1. The van der Waals surface area contributed by atoms with E-state index in [1.165, 1.54) is 33.4 Å². The number of nitrogens with one attached hydrogen (secondary N) is 1. The average molecular weight is 976 g/mol. The Morgan fingerprint density at radius 2 is 1.18 bits per heavy atom. The minimum atomic E-state index is -4.03. The largest absolute Gasteiger partial charge is 0.457 e. The summed E-state index contributed by atoms with van der Waals surface area (Å²) in [5.41, 5.74) is 10.8. The van der Waals surface area contributed by atoms with E-state index in [4.69, 9.17) is 9.72 Å². The van der Waals surface area contributed by atoms with E-state index in [0.717, 1.165) is 86.7 Å². The Labute approximate surface area is 423 Å². The predicted octanol–water partition coefficient (Wildman–Crippen LogP) is 12.4. The number of carbonyl (C=O) groups excluding carboxylic acids is 1. The van der Waals surface area contributed by atoms with Gasteiger partial charge in [0.2, 0.25) is 0 Å². The maximum Gasteiger partial charge on any atom is 0.325 e. The first-order valence-corrected chi connectivity index (χ1v) is 27.2. The smallest absolute Gasteiger partial charge is 0.325 e. The zero-order valence-electron chi connectivity index (χ0n) is 40.8. The molecule has 0 saturated carbocycles. The second kappa shape index (κ2) is 21.4. The quantitative estimate of drug-likeness (QED) is 0.0645. The SMILES string of the molecule is CCn1ccnc1C1(CCCCN2CCC(NC(=O)c3ccccc3Oc3ccccc3)CC2)c2ccccc2-c2ccccc21.O=P(O)(O)CCCC1(c2ccccn2)c2ccccc2-c2ccccc21. The number of hydrogen-bond donors (Lipinski definition) is 3. The van der Waals surface area contributed by atoms with Gasteiger partial charge in [0.15, 0.2) is 0 Å². The number of para-hydroxylation sites is 2. The van der Waals surface area contributed by atoms with Gasteiger partial charge in [0.1, 0.15) is 17.3 Å². The molecule has 3 N–H and O–H groups in total. The lowest BCUT2D eigenvalue weighted by Gasteiger charge is -2.34. The zero-order valence-corrected chi connectivity index (χ0v) is 41.7. The number of fused-ring (bicyclic) bond motifs is 6. The third kappa shape index (κ3) is 9.72. The molecule has 6 aromatic carbocycles. The van der Waals surface area contributed by atoms with Crippen LogP contribution in [0.5, 0.6) is 11.5 Å². The number of nitrogens with zero attached hydrogens (tertiary/aromatic N) is 4. The van der Waals surface area contributed by atoms with Gasteiger partial charge in [-0.3, -0.25) is 14.3 Å². The minimum Gasteiger partial charge on any atom is -0.457 e. The van der Waals surface area contributed by atoms with Gasteiger partial charge in [-0.25, -0.2) is 4.98 Å². The Morgan fingerprint density at radius 1 is 0.639 bits per heavy atom. The van der Waals surface area contributed by atoms with Crippen molar-refractivity contribution in [3.05, 3.63) is 228 Å². The number of aromatic nitrogens is 3. The summed E-state index contributed by atoms with van der Waals surface area (Å²) in [6.45, 7) is 6.15. The van der Waals surface area contributed by atoms with Crippen molar-refractivity contribution < 1.29 is 23.9 Å². The fourth-order valence-corrected chi connectivity index (χ4v) is 12.3. The Morgan fingerprint density at radius 3 is 1.76 bits per heavy atom. The van der Waals surface area contributed by atoms with Gasteiger partial charge in [0.05, 0.1) is 22.1 Å². The summed E-state index contributed by atoms with van der Waals surface area (Å²) in [6.07, 6.45) is 11.9. The molecule has 0 spiro atoms. The molecule has 3 aliphatic rings. The molecule has 1 saturated heterocycles. The molecule has 2 aliphatic carbocycles. The molecule has 366 valence electrons. The van der Waals surface area contributed by atoms with Crippen molar-refractivity contribution in [2.75, 3.05) is 25.8 Å². The fourth-order valence-electron chi connectivity index (χ4n) is 11.7. The Kier molecular flexibility index (Phi) is 14.5. The highest BCUT2D eigenvalue weighted by molar-refractivity contribution is 7.51. The number of hydrogen-bond acceptors (Lipinski definition) is 6. The van der Waals surface area contributed by atoms with Crippen molar-refractivity contribution in [1.82, 2.24) is 24.8 Å². The van der Waals surface area contributed by atoms with E-state index in [0.29, 0.717) is 24.2 Å². The zero-order chi connectivity index (χ0) is 49.5. The van der Waals surface area contributed by atoms with E-state index in [1.54, 1.807) is 6.20 Å². The molecular weight excluding hydrogens is 914 g/mol. The molecule has 1 aliphatic heterocycles. The number of unbranched alkanes of at least 4 members (excludes halogenated alkanes) is 1. The average Bonchev–Trinajstić information content (AvgIpc) is 4.10. The van der Waals surface area contributed by atoms with Crippen molar-refractivity contribution >= 4 is 13.5 Å². The van der Waals surface area contributed by atoms with Crippen LogP contribution in [-0.4, -0.2) is 67.0 Å². The van der Waals surface area contributed by atoms with Gasteiger partial charge in [-0.1, -0.05) is 140 Å². The van der Waals surface area contributed by atoms with Gasteiger partial charge < -0.3 is 29.3 Å². The third-order valence-corrected chi connectivity index (χ3v) is 15.9. The standard InChI is InChI=1S/C40H42N4O2.C21H20NO3P/c1-2-44-29-25-41-39(44)40(35-19-9-6-16-32(35)33-17-7-10-20-36(33)40)24-12-13-26-43-27-22-30(23-28-43)42-38(45)34-18-8-11-21-37(34)46-31-14-4-3-5-15-31;23-26(24,25)15-7-13-21(20-12-5-6-14-22-20)18-10-3-1-8-16(18)17-9-2-4-11-19(17)21/h3-11,14-21,25,29-30H,2,12-13,22-24,26-28H2,1H3,(H,42,45);1-6,8-12,14H,7,13,15H2,(H2,23,24,25). The van der Waals surface area contributed by atoms with Crippen LogP contribution in [0.3, 0.4) is 0 Å². The van der Waals surface area contributed by atoms with E-state index < -0.39 is 13.0 Å². The highest BCUT2D eigenvalue weighted by atomic mass is 31.2. The van der Waals surface area contributed by atoms with E-state index in [2.05, 4.69) is 106 Å². The normalized spacial score (nSPS) is 15.3. The van der Waals surface area contributed by atoms with Crippen LogP contribution in [0.1, 0.15) is 96.0 Å². The first-order chi connectivity index (χ1) is 35.2. The van der Waals surface area contributed by atoms with Gasteiger partial charge in [0, 0.05) is 50.4 Å². The van der Waals surface area contributed by atoms with E-state index in [9.17, 15) is 19.1 Å². The number of carbonyl (C=O) groups is 1. The maximum absolute atomic E-state index is 13.3. The summed E-state index contributed by atoms with van der Waals surface area (Å²) in [5, 5.41) is 3.28. The van der Waals surface area contributed by atoms with Crippen molar-refractivity contribution in [3.63, 3.8) is 0 Å². The predicted molar refractivity (Wildman–Crippen MR) is 286 cm³/mol. The monoisotopic (exact) mass is 975 g/mol. The van der Waals surface area contributed by atoms with E-state index in [-0.39, 0.29) is 23.5 Å². The van der Waals surface area contributed by atoms with Gasteiger partial charge in [-0.05, 0) is 133 Å². The molecule has 10 nitrogen and oxygen atoms in total. The molecule has 0 unspecified atom stereocenters. The summed E-state index contributed by atoms with van der Waals surface area (Å²) in [6, 6.07) is 57.5. The van der Waals surface area contributed by atoms with Crippen molar-refractivity contribution in [2.45, 2.75) is 75.3 Å². The summed E-state index contributed by atoms with van der Waals surface area (Å²) in [7, 11) is -4.03. The second-order valence-corrected chi connectivity index (χ2v) is 21.0. The number of pyridine rings is 1. The van der Waals surface area contributed by atoms with E-state index >= 15 is 0 Å². The lowest BCUT2D eigenvalue weighted by molar-refractivity contribution is 0.0908. The molecule has 0 radical (unpaired) electrons. The molecule has 72 heavy (non-hydrogen) atoms. The van der Waals surface area contributed by atoms with Crippen LogP contribution in [0.15, 0.2) is 188 Å². The van der Waals surface area contributed by atoms with Crippen LogP contribution in [-0.2, 0) is 21.9 Å². The number of piperidine rings is 1. The number of benzene rings is 6.